The van der Waals surface area contributed by atoms with Crippen LogP contribution in [0.1, 0.15) is 11.1 Å². The standard InChI is InChI=1S/C15H15BrOS/c1-11-5-3-4-6-15(11)18-10-12-7-8-14(17-2)13(16)9-12/h3-9H,10H2,1-2H3. The number of hydrogen-bond donors (Lipinski definition) is 0. The average Bonchev–Trinajstić information content (AvgIpc) is 2.38. The molecule has 0 aliphatic carbocycles. The molecule has 1 nitrogen and oxygen atoms in total. The quantitative estimate of drug-likeness (QED) is 0.728. The number of thioether (sulfide) groups is 1. The Kier molecular flexibility index (Phi) is 4.72. The van der Waals surface area contributed by atoms with Crippen LogP contribution < -0.4 is 4.74 Å². The summed E-state index contributed by atoms with van der Waals surface area (Å²) in [5.41, 5.74) is 2.62. The van der Waals surface area contributed by atoms with Crippen LogP contribution in [0.5, 0.6) is 5.75 Å². The van der Waals surface area contributed by atoms with Crippen molar-refractivity contribution >= 4 is 27.7 Å². The lowest BCUT2D eigenvalue weighted by atomic mass is 10.2. The molecule has 0 amide bonds. The van der Waals surface area contributed by atoms with E-state index in [0.717, 1.165) is 16.0 Å². The molecule has 0 fully saturated rings. The van der Waals surface area contributed by atoms with Gasteiger partial charge in [0.25, 0.3) is 0 Å². The molecule has 0 N–H and O–H groups in total. The number of rotatable bonds is 4. The Morgan fingerprint density at radius 1 is 1.17 bits per heavy atom. The maximum atomic E-state index is 5.23. The van der Waals surface area contributed by atoms with Gasteiger partial charge in [-0.2, -0.15) is 0 Å². The van der Waals surface area contributed by atoms with E-state index in [2.05, 4.69) is 59.3 Å². The van der Waals surface area contributed by atoms with Crippen LogP contribution in [0.25, 0.3) is 0 Å². The van der Waals surface area contributed by atoms with Gasteiger partial charge in [0.05, 0.1) is 11.6 Å². The van der Waals surface area contributed by atoms with Gasteiger partial charge in [-0.25, -0.2) is 0 Å². The first-order valence-electron chi connectivity index (χ1n) is 5.71. The van der Waals surface area contributed by atoms with Crippen LogP contribution in [0.4, 0.5) is 0 Å². The van der Waals surface area contributed by atoms with Gasteiger partial charge < -0.3 is 4.74 Å². The Morgan fingerprint density at radius 3 is 2.61 bits per heavy atom. The third-order valence-corrected chi connectivity index (χ3v) is 4.57. The highest BCUT2D eigenvalue weighted by Gasteiger charge is 2.03. The van der Waals surface area contributed by atoms with E-state index in [-0.39, 0.29) is 0 Å². The van der Waals surface area contributed by atoms with E-state index in [9.17, 15) is 0 Å². The maximum Gasteiger partial charge on any atom is 0.133 e. The van der Waals surface area contributed by atoms with Crippen LogP contribution in [0.2, 0.25) is 0 Å². The Hall–Kier alpha value is -0.930. The summed E-state index contributed by atoms with van der Waals surface area (Å²) >= 11 is 5.37. The largest absolute Gasteiger partial charge is 0.496 e. The first-order valence-corrected chi connectivity index (χ1v) is 7.49. The fraction of sp³-hybridized carbons (Fsp3) is 0.200. The van der Waals surface area contributed by atoms with Gasteiger partial charge in [-0.05, 0) is 52.2 Å². The smallest absolute Gasteiger partial charge is 0.133 e. The summed E-state index contributed by atoms with van der Waals surface area (Å²) in [6.45, 7) is 2.15. The number of hydrogen-bond acceptors (Lipinski definition) is 2. The lowest BCUT2D eigenvalue weighted by molar-refractivity contribution is 0.412. The molecular formula is C15H15BrOS. The minimum atomic E-state index is 0.875. The molecule has 0 aliphatic rings. The van der Waals surface area contributed by atoms with E-state index < -0.39 is 0 Å². The van der Waals surface area contributed by atoms with Crippen LogP contribution in [0, 0.1) is 6.92 Å². The zero-order chi connectivity index (χ0) is 13.0. The maximum absolute atomic E-state index is 5.23. The SMILES string of the molecule is COc1ccc(CSc2ccccc2C)cc1Br. The Morgan fingerprint density at radius 2 is 1.94 bits per heavy atom. The summed E-state index contributed by atoms with van der Waals surface area (Å²) in [6.07, 6.45) is 0. The van der Waals surface area contributed by atoms with Crippen LogP contribution in [-0.4, -0.2) is 7.11 Å². The molecule has 94 valence electrons. The zero-order valence-electron chi connectivity index (χ0n) is 10.4. The second-order valence-corrected chi connectivity index (χ2v) is 5.89. The predicted octanol–water partition coefficient (Wildman–Crippen LogP) is 5.06. The van der Waals surface area contributed by atoms with Crippen LogP contribution in [0.3, 0.4) is 0 Å². The molecule has 0 unspecified atom stereocenters. The van der Waals surface area contributed by atoms with Crippen molar-refractivity contribution in [2.75, 3.05) is 7.11 Å². The molecule has 2 rings (SSSR count). The Balaban J connectivity index is 2.07. The van der Waals surface area contributed by atoms with Crippen molar-refractivity contribution < 1.29 is 4.74 Å². The topological polar surface area (TPSA) is 9.23 Å². The molecule has 0 aromatic heterocycles. The number of ether oxygens (including phenoxy) is 1. The number of aryl methyl sites for hydroxylation is 1. The third kappa shape index (κ3) is 3.30. The van der Waals surface area contributed by atoms with Crippen LogP contribution in [-0.2, 0) is 5.75 Å². The normalized spacial score (nSPS) is 10.4. The predicted molar refractivity (Wildman–Crippen MR) is 81.4 cm³/mol. The monoisotopic (exact) mass is 322 g/mol. The summed E-state index contributed by atoms with van der Waals surface area (Å²) in [5, 5.41) is 0. The molecule has 0 saturated carbocycles. The van der Waals surface area contributed by atoms with Crippen molar-refractivity contribution in [3.8, 4) is 5.75 Å². The van der Waals surface area contributed by atoms with Gasteiger partial charge in [-0.3, -0.25) is 0 Å². The molecule has 0 radical (unpaired) electrons. The van der Waals surface area contributed by atoms with Crippen molar-refractivity contribution in [2.45, 2.75) is 17.6 Å². The van der Waals surface area contributed by atoms with Gasteiger partial charge in [-0.15, -0.1) is 11.8 Å². The van der Waals surface area contributed by atoms with E-state index in [4.69, 9.17) is 4.74 Å². The molecule has 2 aromatic rings. The van der Waals surface area contributed by atoms with Crippen molar-refractivity contribution in [3.63, 3.8) is 0 Å². The van der Waals surface area contributed by atoms with E-state index in [1.807, 2.05) is 17.8 Å². The summed E-state index contributed by atoms with van der Waals surface area (Å²) in [4.78, 5) is 1.34. The van der Waals surface area contributed by atoms with E-state index in [0.29, 0.717) is 0 Å². The summed E-state index contributed by atoms with van der Waals surface area (Å²) in [6, 6.07) is 14.7. The summed E-state index contributed by atoms with van der Waals surface area (Å²) in [7, 11) is 1.68. The van der Waals surface area contributed by atoms with Gasteiger partial charge in [0.2, 0.25) is 0 Å². The van der Waals surface area contributed by atoms with Crippen molar-refractivity contribution in [1.29, 1.82) is 0 Å². The first-order chi connectivity index (χ1) is 8.70. The minimum Gasteiger partial charge on any atom is -0.496 e. The van der Waals surface area contributed by atoms with Gasteiger partial charge in [0, 0.05) is 10.6 Å². The number of methoxy groups -OCH3 is 1. The highest BCUT2D eigenvalue weighted by atomic mass is 79.9. The molecule has 18 heavy (non-hydrogen) atoms. The van der Waals surface area contributed by atoms with E-state index in [1.165, 1.54) is 16.0 Å². The van der Waals surface area contributed by atoms with Gasteiger partial charge in [-0.1, -0.05) is 24.3 Å². The average molecular weight is 323 g/mol. The van der Waals surface area contributed by atoms with Gasteiger partial charge in [0.15, 0.2) is 0 Å². The van der Waals surface area contributed by atoms with Crippen molar-refractivity contribution in [2.24, 2.45) is 0 Å². The molecule has 3 heteroatoms. The van der Waals surface area contributed by atoms with E-state index >= 15 is 0 Å². The van der Waals surface area contributed by atoms with Crippen LogP contribution >= 0.6 is 27.7 Å². The molecule has 0 bridgehead atoms. The summed E-state index contributed by atoms with van der Waals surface area (Å²) in [5.74, 6) is 1.84. The highest BCUT2D eigenvalue weighted by molar-refractivity contribution is 9.10. The second-order valence-electron chi connectivity index (χ2n) is 4.02. The summed E-state index contributed by atoms with van der Waals surface area (Å²) < 4.78 is 6.24. The third-order valence-electron chi connectivity index (χ3n) is 2.70. The zero-order valence-corrected chi connectivity index (χ0v) is 12.8. The van der Waals surface area contributed by atoms with Crippen molar-refractivity contribution in [1.82, 2.24) is 0 Å². The molecule has 0 atom stereocenters. The molecule has 2 aromatic carbocycles. The molecule has 0 aliphatic heterocycles. The Labute approximate surface area is 121 Å². The molecular weight excluding hydrogens is 308 g/mol. The minimum absolute atomic E-state index is 0.875. The Bertz CT molecular complexity index is 540. The van der Waals surface area contributed by atoms with Gasteiger partial charge >= 0.3 is 0 Å². The van der Waals surface area contributed by atoms with Crippen LogP contribution in [0.15, 0.2) is 51.8 Å². The second kappa shape index (κ2) is 6.30. The first kappa shape index (κ1) is 13.5. The number of halogens is 1. The molecule has 0 spiro atoms. The lowest BCUT2D eigenvalue weighted by Crippen LogP contribution is -1.87. The fourth-order valence-corrected chi connectivity index (χ4v) is 3.24. The van der Waals surface area contributed by atoms with Gasteiger partial charge in [0.1, 0.15) is 5.75 Å². The van der Waals surface area contributed by atoms with E-state index in [1.54, 1.807) is 7.11 Å². The fourth-order valence-electron chi connectivity index (χ4n) is 1.68. The lowest BCUT2D eigenvalue weighted by Gasteiger charge is -2.07. The highest BCUT2D eigenvalue weighted by Crippen LogP contribution is 2.30. The molecule has 0 heterocycles. The number of benzene rings is 2. The van der Waals surface area contributed by atoms with Crippen molar-refractivity contribution in [3.05, 3.63) is 58.1 Å². The molecule has 0 saturated heterocycles.